The van der Waals surface area contributed by atoms with Crippen molar-refractivity contribution in [2.75, 3.05) is 0 Å². The van der Waals surface area contributed by atoms with E-state index in [1.54, 1.807) is 19.2 Å². The van der Waals surface area contributed by atoms with Gasteiger partial charge in [0.1, 0.15) is 11.9 Å². The number of nitrogens with zero attached hydrogens (tertiary/aromatic N) is 3. The van der Waals surface area contributed by atoms with Crippen molar-refractivity contribution in [1.82, 2.24) is 9.97 Å². The Morgan fingerprint density at radius 1 is 1.04 bits per heavy atom. The van der Waals surface area contributed by atoms with Crippen molar-refractivity contribution < 1.29 is 9.66 Å². The van der Waals surface area contributed by atoms with Gasteiger partial charge >= 0.3 is 0 Å². The molecule has 6 nitrogen and oxygen atoms in total. The molecule has 0 atom stereocenters. The summed E-state index contributed by atoms with van der Waals surface area (Å²) in [6.07, 6.45) is 2.79. The molecule has 0 spiro atoms. The van der Waals surface area contributed by atoms with Crippen molar-refractivity contribution in [3.8, 4) is 22.9 Å². The van der Waals surface area contributed by atoms with Gasteiger partial charge in [0.05, 0.1) is 16.8 Å². The summed E-state index contributed by atoms with van der Waals surface area (Å²) in [5.41, 5.74) is 2.32. The largest absolute Gasteiger partial charge is 0.437 e. The first-order valence-electron chi connectivity index (χ1n) is 6.94. The number of hydrogen-bond acceptors (Lipinski definition) is 5. The Morgan fingerprint density at radius 2 is 1.83 bits per heavy atom. The van der Waals surface area contributed by atoms with E-state index in [-0.39, 0.29) is 5.69 Å². The van der Waals surface area contributed by atoms with Crippen LogP contribution in [0.15, 0.2) is 60.9 Å². The van der Waals surface area contributed by atoms with Crippen LogP contribution >= 0.6 is 0 Å². The highest BCUT2D eigenvalue weighted by atomic mass is 16.6. The fourth-order valence-electron chi connectivity index (χ4n) is 2.11. The molecule has 1 aromatic carbocycles. The van der Waals surface area contributed by atoms with Gasteiger partial charge in [-0.15, -0.1) is 0 Å². The number of nitro groups is 1. The Kier molecular flexibility index (Phi) is 3.97. The van der Waals surface area contributed by atoms with E-state index in [0.717, 1.165) is 11.3 Å². The first-order valence-corrected chi connectivity index (χ1v) is 6.94. The van der Waals surface area contributed by atoms with E-state index < -0.39 is 4.92 Å². The summed E-state index contributed by atoms with van der Waals surface area (Å²) in [6, 6.07) is 15.0. The molecule has 0 bridgehead atoms. The van der Waals surface area contributed by atoms with Crippen molar-refractivity contribution in [3.05, 3.63) is 76.6 Å². The second-order valence-electron chi connectivity index (χ2n) is 4.91. The summed E-state index contributed by atoms with van der Waals surface area (Å²) in [7, 11) is 0. The zero-order valence-electron chi connectivity index (χ0n) is 12.3. The Balaban J connectivity index is 1.79. The minimum absolute atomic E-state index is 0.0325. The number of aromatic nitrogens is 2. The average molecular weight is 307 g/mol. The summed E-state index contributed by atoms with van der Waals surface area (Å²) in [6.45, 7) is 1.64. The van der Waals surface area contributed by atoms with Crippen LogP contribution in [0.1, 0.15) is 5.56 Å². The maximum absolute atomic E-state index is 10.8. The van der Waals surface area contributed by atoms with E-state index in [2.05, 4.69) is 9.97 Å². The third-order valence-corrected chi connectivity index (χ3v) is 3.28. The molecular formula is C17H13N3O3. The second kappa shape index (κ2) is 6.23. The second-order valence-corrected chi connectivity index (χ2v) is 4.91. The van der Waals surface area contributed by atoms with Gasteiger partial charge in [-0.1, -0.05) is 30.3 Å². The van der Waals surface area contributed by atoms with Crippen LogP contribution in [-0.4, -0.2) is 14.9 Å². The van der Waals surface area contributed by atoms with Crippen molar-refractivity contribution in [3.63, 3.8) is 0 Å². The molecule has 0 unspecified atom stereocenters. The van der Waals surface area contributed by atoms with E-state index in [1.165, 1.54) is 12.3 Å². The van der Waals surface area contributed by atoms with Crippen LogP contribution in [0.5, 0.6) is 11.6 Å². The van der Waals surface area contributed by atoms with E-state index in [0.29, 0.717) is 17.2 Å². The molecule has 3 aromatic rings. The van der Waals surface area contributed by atoms with E-state index in [4.69, 9.17) is 4.74 Å². The van der Waals surface area contributed by atoms with Gasteiger partial charge < -0.3 is 4.74 Å². The standard InChI is InChI=1S/C17H13N3O3/c1-12-9-17(19-11-16(12)20(21)22)23-14-7-8-15(18-10-14)13-5-3-2-4-6-13/h2-11H,1H3. The number of ether oxygens (including phenoxy) is 1. The predicted octanol–water partition coefficient (Wildman–Crippen LogP) is 4.15. The molecular weight excluding hydrogens is 294 g/mol. The van der Waals surface area contributed by atoms with Crippen LogP contribution in [0.25, 0.3) is 11.3 Å². The lowest BCUT2D eigenvalue weighted by atomic mass is 10.1. The van der Waals surface area contributed by atoms with Gasteiger partial charge in [0.25, 0.3) is 5.69 Å². The molecule has 0 saturated carbocycles. The molecule has 0 fully saturated rings. The van der Waals surface area contributed by atoms with Crippen LogP contribution in [0, 0.1) is 17.0 Å². The summed E-state index contributed by atoms with van der Waals surface area (Å²) in [4.78, 5) is 18.6. The van der Waals surface area contributed by atoms with Crippen LogP contribution in [0.2, 0.25) is 0 Å². The lowest BCUT2D eigenvalue weighted by molar-refractivity contribution is -0.385. The maximum Gasteiger partial charge on any atom is 0.290 e. The quantitative estimate of drug-likeness (QED) is 0.534. The maximum atomic E-state index is 10.8. The van der Waals surface area contributed by atoms with Crippen molar-refractivity contribution in [2.24, 2.45) is 0 Å². The molecule has 114 valence electrons. The molecule has 2 heterocycles. The van der Waals surface area contributed by atoms with E-state index in [9.17, 15) is 10.1 Å². The predicted molar refractivity (Wildman–Crippen MR) is 85.4 cm³/mol. The van der Waals surface area contributed by atoms with Crippen LogP contribution < -0.4 is 4.74 Å². The lowest BCUT2D eigenvalue weighted by Crippen LogP contribution is -1.95. The normalized spacial score (nSPS) is 10.3. The van der Waals surface area contributed by atoms with Crippen LogP contribution in [0.4, 0.5) is 5.69 Å². The number of hydrogen-bond donors (Lipinski definition) is 0. The SMILES string of the molecule is Cc1cc(Oc2ccc(-c3ccccc3)nc2)ncc1[N+](=O)[O-]. The van der Waals surface area contributed by atoms with Gasteiger partial charge in [-0.3, -0.25) is 15.1 Å². The third-order valence-electron chi connectivity index (χ3n) is 3.28. The van der Waals surface area contributed by atoms with Crippen molar-refractivity contribution in [2.45, 2.75) is 6.92 Å². The van der Waals surface area contributed by atoms with Crippen molar-refractivity contribution >= 4 is 5.69 Å². The van der Waals surface area contributed by atoms with E-state index in [1.807, 2.05) is 36.4 Å². The highest BCUT2D eigenvalue weighted by molar-refractivity contribution is 5.59. The molecule has 2 aromatic heterocycles. The van der Waals surface area contributed by atoms with Gasteiger partial charge in [-0.2, -0.15) is 0 Å². The zero-order chi connectivity index (χ0) is 16.2. The van der Waals surface area contributed by atoms with Crippen LogP contribution in [0.3, 0.4) is 0 Å². The molecule has 0 amide bonds. The molecule has 6 heteroatoms. The smallest absolute Gasteiger partial charge is 0.290 e. The summed E-state index contributed by atoms with van der Waals surface area (Å²) >= 11 is 0. The lowest BCUT2D eigenvalue weighted by Gasteiger charge is -2.06. The highest BCUT2D eigenvalue weighted by Crippen LogP contribution is 2.25. The first-order chi connectivity index (χ1) is 11.1. The van der Waals surface area contributed by atoms with Crippen LogP contribution in [-0.2, 0) is 0 Å². The Hall–Kier alpha value is -3.28. The molecule has 0 radical (unpaired) electrons. The summed E-state index contributed by atoms with van der Waals surface area (Å²) in [5.74, 6) is 0.813. The summed E-state index contributed by atoms with van der Waals surface area (Å²) < 4.78 is 5.59. The van der Waals surface area contributed by atoms with Gasteiger partial charge in [-0.05, 0) is 19.1 Å². The van der Waals surface area contributed by atoms with Gasteiger partial charge in [0, 0.05) is 17.2 Å². The molecule has 23 heavy (non-hydrogen) atoms. The Morgan fingerprint density at radius 3 is 2.43 bits per heavy atom. The van der Waals surface area contributed by atoms with Crippen molar-refractivity contribution in [1.29, 1.82) is 0 Å². The summed E-state index contributed by atoms with van der Waals surface area (Å²) in [5, 5.41) is 10.8. The minimum atomic E-state index is -0.470. The van der Waals surface area contributed by atoms with E-state index >= 15 is 0 Å². The number of rotatable bonds is 4. The van der Waals surface area contributed by atoms with Gasteiger partial charge in [-0.25, -0.2) is 4.98 Å². The topological polar surface area (TPSA) is 78.2 Å². The molecule has 0 aliphatic rings. The third kappa shape index (κ3) is 3.32. The molecule has 0 aliphatic carbocycles. The minimum Gasteiger partial charge on any atom is -0.437 e. The monoisotopic (exact) mass is 307 g/mol. The first kappa shape index (κ1) is 14.6. The number of aryl methyl sites for hydroxylation is 1. The Labute approximate surface area is 132 Å². The molecule has 0 saturated heterocycles. The highest BCUT2D eigenvalue weighted by Gasteiger charge is 2.12. The number of pyridine rings is 2. The fraction of sp³-hybridized carbons (Fsp3) is 0.0588. The fourth-order valence-corrected chi connectivity index (χ4v) is 2.11. The average Bonchev–Trinajstić information content (AvgIpc) is 2.56. The Bertz CT molecular complexity index is 833. The molecule has 3 rings (SSSR count). The zero-order valence-corrected chi connectivity index (χ0v) is 12.3. The van der Waals surface area contributed by atoms with Gasteiger partial charge in [0.2, 0.25) is 5.88 Å². The molecule has 0 N–H and O–H groups in total. The molecule has 0 aliphatic heterocycles. The van der Waals surface area contributed by atoms with Gasteiger partial charge in [0.15, 0.2) is 0 Å². The number of benzene rings is 1.